The number of rotatable bonds is 4. The number of nitrogens with zero attached hydrogens (tertiary/aromatic N) is 3. The van der Waals surface area contributed by atoms with Gasteiger partial charge in [-0.05, 0) is 17.2 Å². The van der Waals surface area contributed by atoms with Gasteiger partial charge in [0, 0.05) is 14.1 Å². The standard InChI is InChI=1S/C8H10N3O4S/c1-10(2)7-5-3-4-6-8(7)16(14,15)9-11(12)13/h3-6H,1-2H3/q-1. The molecule has 7 nitrogen and oxygen atoms in total. The van der Waals surface area contributed by atoms with Crippen LogP contribution in [0.1, 0.15) is 0 Å². The molecule has 0 unspecified atom stereocenters. The highest BCUT2D eigenvalue weighted by Gasteiger charge is 2.15. The zero-order chi connectivity index (χ0) is 12.3. The molecule has 0 bridgehead atoms. The first-order valence-electron chi connectivity index (χ1n) is 4.23. The van der Waals surface area contributed by atoms with Crippen molar-refractivity contribution in [1.82, 2.24) is 0 Å². The molecule has 0 amide bonds. The Kier molecular flexibility index (Phi) is 3.33. The average molecular weight is 244 g/mol. The molecule has 0 aliphatic carbocycles. The van der Waals surface area contributed by atoms with E-state index in [-0.39, 0.29) is 4.90 Å². The topological polar surface area (TPSA) is 94.6 Å². The molecule has 0 atom stereocenters. The van der Waals surface area contributed by atoms with Crippen LogP contribution in [-0.2, 0) is 10.0 Å². The fraction of sp³-hybridized carbons (Fsp3) is 0.250. The predicted molar refractivity (Wildman–Crippen MR) is 58.3 cm³/mol. The van der Waals surface area contributed by atoms with Gasteiger partial charge in [-0.3, -0.25) is 14.9 Å². The van der Waals surface area contributed by atoms with Crippen LogP contribution in [0.3, 0.4) is 0 Å². The van der Waals surface area contributed by atoms with E-state index in [1.165, 1.54) is 12.1 Å². The van der Waals surface area contributed by atoms with Crippen molar-refractivity contribution in [1.29, 1.82) is 0 Å². The lowest BCUT2D eigenvalue weighted by atomic mass is 10.3. The summed E-state index contributed by atoms with van der Waals surface area (Å²) in [4.78, 5) is 14.0. The molecule has 1 aromatic rings. The molecular weight excluding hydrogens is 234 g/mol. The number of benzene rings is 1. The van der Waals surface area contributed by atoms with Crippen LogP contribution in [-0.4, -0.2) is 27.5 Å². The van der Waals surface area contributed by atoms with Crippen molar-refractivity contribution in [2.45, 2.75) is 4.90 Å². The van der Waals surface area contributed by atoms with Gasteiger partial charge in [0.25, 0.3) is 0 Å². The van der Waals surface area contributed by atoms with Crippen molar-refractivity contribution in [3.05, 3.63) is 39.2 Å². The first kappa shape index (κ1) is 12.2. The molecule has 0 aliphatic rings. The Morgan fingerprint density at radius 2 is 1.88 bits per heavy atom. The second-order valence-electron chi connectivity index (χ2n) is 3.16. The van der Waals surface area contributed by atoms with E-state index < -0.39 is 15.1 Å². The Morgan fingerprint density at radius 3 is 2.38 bits per heavy atom. The van der Waals surface area contributed by atoms with Crippen molar-refractivity contribution < 1.29 is 13.5 Å². The first-order chi connectivity index (χ1) is 7.34. The van der Waals surface area contributed by atoms with Crippen molar-refractivity contribution >= 4 is 15.7 Å². The number of hydrogen-bond acceptors (Lipinski definition) is 5. The second kappa shape index (κ2) is 4.35. The van der Waals surface area contributed by atoms with Gasteiger partial charge < -0.3 is 4.90 Å². The van der Waals surface area contributed by atoms with E-state index in [2.05, 4.69) is 4.83 Å². The molecule has 0 aromatic heterocycles. The highest BCUT2D eigenvalue weighted by atomic mass is 32.2. The van der Waals surface area contributed by atoms with Crippen LogP contribution in [0.4, 0.5) is 5.69 Å². The third-order valence-corrected chi connectivity index (χ3v) is 3.05. The molecule has 0 spiro atoms. The number of hydrogen-bond donors (Lipinski definition) is 0. The third-order valence-electron chi connectivity index (χ3n) is 1.80. The van der Waals surface area contributed by atoms with Crippen LogP contribution < -0.4 is 4.90 Å². The van der Waals surface area contributed by atoms with Gasteiger partial charge in [0.05, 0.1) is 10.6 Å². The van der Waals surface area contributed by atoms with Crippen LogP contribution >= 0.6 is 0 Å². The Morgan fingerprint density at radius 1 is 1.31 bits per heavy atom. The molecule has 0 saturated heterocycles. The largest absolute Gasteiger partial charge is 0.377 e. The van der Waals surface area contributed by atoms with E-state index in [1.54, 1.807) is 31.1 Å². The van der Waals surface area contributed by atoms with E-state index in [1.807, 2.05) is 0 Å². The normalized spacial score (nSPS) is 10.9. The van der Waals surface area contributed by atoms with E-state index >= 15 is 0 Å². The van der Waals surface area contributed by atoms with Crippen LogP contribution in [0.25, 0.3) is 4.83 Å². The molecule has 16 heavy (non-hydrogen) atoms. The van der Waals surface area contributed by atoms with Crippen molar-refractivity contribution in [3.63, 3.8) is 0 Å². The number of anilines is 1. The van der Waals surface area contributed by atoms with E-state index in [0.29, 0.717) is 5.69 Å². The monoisotopic (exact) mass is 244 g/mol. The lowest BCUT2D eigenvalue weighted by Crippen LogP contribution is -2.14. The van der Waals surface area contributed by atoms with Gasteiger partial charge in [-0.15, -0.1) is 0 Å². The summed E-state index contributed by atoms with van der Waals surface area (Å²) in [5.74, 6) is 0. The molecule has 88 valence electrons. The Balaban J connectivity index is 3.28. The molecule has 0 saturated carbocycles. The fourth-order valence-electron chi connectivity index (χ4n) is 1.18. The van der Waals surface area contributed by atoms with Crippen LogP contribution in [0.5, 0.6) is 0 Å². The highest BCUT2D eigenvalue weighted by molar-refractivity contribution is 7.93. The summed E-state index contributed by atoms with van der Waals surface area (Å²) in [6.45, 7) is 0. The summed E-state index contributed by atoms with van der Waals surface area (Å²) < 4.78 is 23.1. The molecule has 0 heterocycles. The highest BCUT2D eigenvalue weighted by Crippen LogP contribution is 2.26. The summed E-state index contributed by atoms with van der Waals surface area (Å²) in [5, 5.41) is 8.90. The molecule has 0 fully saturated rings. The molecule has 0 aliphatic heterocycles. The van der Waals surface area contributed by atoms with E-state index in [4.69, 9.17) is 0 Å². The van der Waals surface area contributed by atoms with Gasteiger partial charge in [-0.1, -0.05) is 12.1 Å². The minimum Gasteiger partial charge on any atom is -0.377 e. The van der Waals surface area contributed by atoms with Gasteiger partial charge in [-0.25, -0.2) is 8.42 Å². The number of para-hydroxylation sites is 1. The smallest absolute Gasteiger partial charge is 0.174 e. The molecule has 1 aromatic carbocycles. The zero-order valence-electron chi connectivity index (χ0n) is 8.69. The maximum absolute atomic E-state index is 11.5. The number of sulfonamides is 1. The molecule has 1 rings (SSSR count). The summed E-state index contributed by atoms with van der Waals surface area (Å²) in [5.41, 5.74) is 0.355. The molecule has 0 radical (unpaired) electrons. The Labute approximate surface area is 92.9 Å². The fourth-order valence-corrected chi connectivity index (χ4v) is 2.21. The maximum atomic E-state index is 11.5. The summed E-state index contributed by atoms with van der Waals surface area (Å²) >= 11 is 0. The van der Waals surface area contributed by atoms with Crippen LogP contribution in [0.15, 0.2) is 29.2 Å². The zero-order valence-corrected chi connectivity index (χ0v) is 9.51. The summed E-state index contributed by atoms with van der Waals surface area (Å²) in [6.07, 6.45) is 0. The van der Waals surface area contributed by atoms with Crippen LogP contribution in [0, 0.1) is 10.1 Å². The SMILES string of the molecule is CN(C)c1ccccc1S(=O)(=O)[N-][N+](=O)[O-]. The van der Waals surface area contributed by atoms with Crippen LogP contribution in [0.2, 0.25) is 0 Å². The number of nitro groups is 1. The Bertz CT molecular complexity index is 498. The first-order valence-corrected chi connectivity index (χ1v) is 5.67. The van der Waals surface area contributed by atoms with Crippen molar-refractivity contribution in [2.75, 3.05) is 19.0 Å². The summed E-state index contributed by atoms with van der Waals surface area (Å²) in [6, 6.07) is 5.94. The third kappa shape index (κ3) is 2.60. The van der Waals surface area contributed by atoms with Gasteiger partial charge in [0.2, 0.25) is 0 Å². The van der Waals surface area contributed by atoms with E-state index in [9.17, 15) is 18.5 Å². The van der Waals surface area contributed by atoms with Gasteiger partial charge >= 0.3 is 0 Å². The predicted octanol–water partition coefficient (Wildman–Crippen LogP) is 1.01. The summed E-state index contributed by atoms with van der Waals surface area (Å²) in [7, 11) is -0.972. The molecule has 8 heteroatoms. The van der Waals surface area contributed by atoms with E-state index in [0.717, 1.165) is 0 Å². The van der Waals surface area contributed by atoms with Gasteiger partial charge in [0.15, 0.2) is 10.0 Å². The average Bonchev–Trinajstić information content (AvgIpc) is 2.15. The van der Waals surface area contributed by atoms with Gasteiger partial charge in [0.1, 0.15) is 0 Å². The quantitative estimate of drug-likeness (QED) is 0.581. The molecule has 0 N–H and O–H groups in total. The minimum atomic E-state index is -4.25. The molecular formula is C8H10N3O4S-. The Hall–Kier alpha value is -1.83. The van der Waals surface area contributed by atoms with Crippen molar-refractivity contribution in [3.8, 4) is 0 Å². The second-order valence-corrected chi connectivity index (χ2v) is 4.71. The lowest BCUT2D eigenvalue weighted by molar-refractivity contribution is -0.412. The lowest BCUT2D eigenvalue weighted by Gasteiger charge is -2.19. The maximum Gasteiger partial charge on any atom is 0.174 e. The van der Waals surface area contributed by atoms with Crippen molar-refractivity contribution in [2.24, 2.45) is 0 Å². The van der Waals surface area contributed by atoms with Gasteiger partial charge in [-0.2, -0.15) is 0 Å². The minimum absolute atomic E-state index is 0.184.